The third-order valence-corrected chi connectivity index (χ3v) is 4.76. The van der Waals surface area contributed by atoms with Crippen LogP contribution < -0.4 is 24.8 Å². The van der Waals surface area contributed by atoms with Crippen LogP contribution in [0.5, 0.6) is 23.0 Å². The van der Waals surface area contributed by atoms with Crippen LogP contribution in [0.4, 0.5) is 28.7 Å². The fourth-order valence-corrected chi connectivity index (χ4v) is 3.14. The van der Waals surface area contributed by atoms with E-state index in [1.54, 1.807) is 42.5 Å². The third kappa shape index (κ3) is 5.13. The predicted octanol–water partition coefficient (Wildman–Crippen LogP) is 5.68. The van der Waals surface area contributed by atoms with Crippen molar-refractivity contribution >= 4 is 28.7 Å². The fourth-order valence-electron chi connectivity index (χ4n) is 3.14. The van der Waals surface area contributed by atoms with Crippen LogP contribution in [0, 0.1) is 10.1 Å². The van der Waals surface area contributed by atoms with Gasteiger partial charge in [0.1, 0.15) is 29.3 Å². The van der Waals surface area contributed by atoms with Crippen LogP contribution in [0.25, 0.3) is 0 Å². The van der Waals surface area contributed by atoms with Crippen molar-refractivity contribution in [2.75, 3.05) is 24.9 Å². The van der Waals surface area contributed by atoms with Crippen molar-refractivity contribution < 1.29 is 19.1 Å². The van der Waals surface area contributed by atoms with Crippen LogP contribution in [0.15, 0.2) is 79.1 Å². The van der Waals surface area contributed by atoms with Crippen molar-refractivity contribution in [2.45, 2.75) is 0 Å². The smallest absolute Gasteiger partial charge is 0.353 e. The molecule has 0 radical (unpaired) electrons. The highest BCUT2D eigenvalue weighted by Crippen LogP contribution is 2.37. The number of anilines is 4. The number of methoxy groups -OCH3 is 2. The van der Waals surface area contributed by atoms with Crippen LogP contribution in [-0.2, 0) is 0 Å². The third-order valence-electron chi connectivity index (χ3n) is 4.76. The van der Waals surface area contributed by atoms with Gasteiger partial charge in [-0.1, -0.05) is 18.2 Å². The molecule has 34 heavy (non-hydrogen) atoms. The van der Waals surface area contributed by atoms with E-state index in [0.717, 1.165) is 0 Å². The number of hydrogen-bond acceptors (Lipinski definition) is 9. The second-order valence-electron chi connectivity index (χ2n) is 6.93. The lowest BCUT2D eigenvalue weighted by molar-refractivity contribution is -0.383. The molecule has 4 aromatic rings. The van der Waals surface area contributed by atoms with E-state index in [1.165, 1.54) is 20.5 Å². The van der Waals surface area contributed by atoms with Crippen molar-refractivity contribution in [1.29, 1.82) is 0 Å². The average molecular weight is 459 g/mol. The van der Waals surface area contributed by atoms with Gasteiger partial charge in [0.05, 0.1) is 24.8 Å². The largest absolute Gasteiger partial charge is 0.497 e. The number of para-hydroxylation sites is 1. The number of nitrogens with one attached hydrogen (secondary N) is 2. The molecule has 1 aromatic heterocycles. The zero-order valence-corrected chi connectivity index (χ0v) is 18.4. The minimum absolute atomic E-state index is 0.00177. The molecule has 172 valence electrons. The molecule has 1 heterocycles. The Labute approximate surface area is 195 Å². The maximum atomic E-state index is 11.9. The minimum atomic E-state index is -0.551. The molecular formula is C24H21N5O5. The minimum Gasteiger partial charge on any atom is -0.497 e. The summed E-state index contributed by atoms with van der Waals surface area (Å²) in [4.78, 5) is 19.5. The van der Waals surface area contributed by atoms with Gasteiger partial charge in [0.25, 0.3) is 0 Å². The first-order valence-electron chi connectivity index (χ1n) is 10.2. The topological polar surface area (TPSA) is 121 Å². The number of benzene rings is 3. The van der Waals surface area contributed by atoms with Crippen LogP contribution >= 0.6 is 0 Å². The summed E-state index contributed by atoms with van der Waals surface area (Å²) in [6.07, 6.45) is 1.23. The van der Waals surface area contributed by atoms with E-state index in [2.05, 4.69) is 20.6 Å². The maximum Gasteiger partial charge on any atom is 0.353 e. The zero-order valence-electron chi connectivity index (χ0n) is 18.4. The Morgan fingerprint density at radius 1 is 0.794 bits per heavy atom. The molecule has 0 aliphatic rings. The summed E-state index contributed by atoms with van der Waals surface area (Å²) in [5.41, 5.74) is 0.723. The molecule has 4 rings (SSSR count). The van der Waals surface area contributed by atoms with Gasteiger partial charge < -0.3 is 24.8 Å². The quantitative estimate of drug-likeness (QED) is 0.240. The Morgan fingerprint density at radius 3 is 2.09 bits per heavy atom. The molecule has 0 amide bonds. The first-order chi connectivity index (χ1) is 16.6. The molecule has 0 spiro atoms. The molecule has 0 atom stereocenters. The molecule has 0 aliphatic carbocycles. The molecule has 0 aliphatic heterocycles. The molecule has 0 saturated heterocycles. The summed E-state index contributed by atoms with van der Waals surface area (Å²) in [5.74, 6) is 2.38. The molecule has 0 saturated carbocycles. The molecule has 0 bridgehead atoms. The predicted molar refractivity (Wildman–Crippen MR) is 128 cm³/mol. The van der Waals surface area contributed by atoms with Gasteiger partial charge in [-0.3, -0.25) is 10.1 Å². The molecule has 10 heteroatoms. The first-order valence-corrected chi connectivity index (χ1v) is 10.2. The summed E-state index contributed by atoms with van der Waals surface area (Å²) in [6.45, 7) is 0. The average Bonchev–Trinajstić information content (AvgIpc) is 2.86. The van der Waals surface area contributed by atoms with E-state index in [-0.39, 0.29) is 17.3 Å². The Morgan fingerprint density at radius 2 is 1.44 bits per heavy atom. The molecule has 0 fully saturated rings. The first kappa shape index (κ1) is 22.3. The number of ether oxygens (including phenoxy) is 3. The lowest BCUT2D eigenvalue weighted by Crippen LogP contribution is -2.06. The second-order valence-corrected chi connectivity index (χ2v) is 6.93. The summed E-state index contributed by atoms with van der Waals surface area (Å²) < 4.78 is 16.4. The van der Waals surface area contributed by atoms with Crippen LogP contribution in [0.2, 0.25) is 0 Å². The van der Waals surface area contributed by atoms with Gasteiger partial charge in [0.2, 0.25) is 11.6 Å². The van der Waals surface area contributed by atoms with E-state index in [1.807, 2.05) is 30.3 Å². The summed E-state index contributed by atoms with van der Waals surface area (Å²) in [7, 11) is 3.02. The van der Waals surface area contributed by atoms with Gasteiger partial charge >= 0.3 is 5.69 Å². The normalized spacial score (nSPS) is 10.3. The van der Waals surface area contributed by atoms with Gasteiger partial charge in [0, 0.05) is 11.8 Å². The van der Waals surface area contributed by atoms with Crippen molar-refractivity contribution in [1.82, 2.24) is 9.97 Å². The standard InChI is InChI=1S/C24H21N5O5/c1-32-19-12-13-21(33-2)20(14-19)28-24-22(29(30)31)23(25-15-26-24)27-16-8-10-18(11-9-16)34-17-6-4-3-5-7-17/h3-15H,1-2H3,(H2,25,26,27,28). The maximum absolute atomic E-state index is 11.9. The van der Waals surface area contributed by atoms with Gasteiger partial charge in [-0.05, 0) is 48.5 Å². The van der Waals surface area contributed by atoms with Crippen molar-refractivity contribution in [3.8, 4) is 23.0 Å². The van der Waals surface area contributed by atoms with Crippen LogP contribution in [0.3, 0.4) is 0 Å². The fraction of sp³-hybridized carbons (Fsp3) is 0.0833. The van der Waals surface area contributed by atoms with Crippen molar-refractivity contribution in [3.63, 3.8) is 0 Å². The van der Waals surface area contributed by atoms with Crippen LogP contribution in [0.1, 0.15) is 0 Å². The molecule has 0 unspecified atom stereocenters. The monoisotopic (exact) mass is 459 g/mol. The number of rotatable bonds is 9. The van der Waals surface area contributed by atoms with E-state index < -0.39 is 4.92 Å². The molecular weight excluding hydrogens is 438 g/mol. The van der Waals surface area contributed by atoms with Crippen LogP contribution in [-0.4, -0.2) is 29.1 Å². The van der Waals surface area contributed by atoms with E-state index in [9.17, 15) is 10.1 Å². The lowest BCUT2D eigenvalue weighted by atomic mass is 10.2. The van der Waals surface area contributed by atoms with Gasteiger partial charge in [-0.15, -0.1) is 0 Å². The molecule has 2 N–H and O–H groups in total. The zero-order chi connectivity index (χ0) is 23.9. The summed E-state index contributed by atoms with van der Waals surface area (Å²) in [5, 5.41) is 17.9. The van der Waals surface area contributed by atoms with Crippen molar-refractivity contribution in [3.05, 3.63) is 89.2 Å². The number of hydrogen-bond donors (Lipinski definition) is 2. The number of aromatic nitrogens is 2. The van der Waals surface area contributed by atoms with Crippen molar-refractivity contribution in [2.24, 2.45) is 0 Å². The second kappa shape index (κ2) is 10.2. The summed E-state index contributed by atoms with van der Waals surface area (Å²) >= 11 is 0. The van der Waals surface area contributed by atoms with E-state index in [4.69, 9.17) is 14.2 Å². The molecule has 10 nitrogen and oxygen atoms in total. The Bertz CT molecular complexity index is 1280. The Balaban J connectivity index is 1.59. The molecule has 3 aromatic carbocycles. The highest BCUT2D eigenvalue weighted by atomic mass is 16.6. The highest BCUT2D eigenvalue weighted by Gasteiger charge is 2.24. The Hall–Kier alpha value is -4.86. The van der Waals surface area contributed by atoms with Gasteiger partial charge in [0.15, 0.2) is 0 Å². The number of nitrogens with zero attached hydrogens (tertiary/aromatic N) is 3. The lowest BCUT2D eigenvalue weighted by Gasteiger charge is -2.13. The SMILES string of the molecule is COc1ccc(OC)c(Nc2ncnc(Nc3ccc(Oc4ccccc4)cc3)c2[N+](=O)[O-])c1. The van der Waals surface area contributed by atoms with Gasteiger partial charge in [-0.25, -0.2) is 9.97 Å². The highest BCUT2D eigenvalue weighted by molar-refractivity contribution is 5.78. The summed E-state index contributed by atoms with van der Waals surface area (Å²) in [6, 6.07) is 21.4. The van der Waals surface area contributed by atoms with E-state index >= 15 is 0 Å². The Kier molecular flexibility index (Phi) is 6.68. The van der Waals surface area contributed by atoms with Gasteiger partial charge in [-0.2, -0.15) is 0 Å². The van der Waals surface area contributed by atoms with E-state index in [0.29, 0.717) is 34.4 Å². The number of nitro groups is 1.